The van der Waals surface area contributed by atoms with Gasteiger partial charge < -0.3 is 9.80 Å². The molecule has 0 aromatic carbocycles. The Morgan fingerprint density at radius 2 is 2.15 bits per heavy atom. The summed E-state index contributed by atoms with van der Waals surface area (Å²) in [5, 5.41) is 2.01. The normalized spacial score (nSPS) is 24.5. The number of hydrogen-bond donors (Lipinski definition) is 0. The highest BCUT2D eigenvalue weighted by Gasteiger charge is 2.41. The maximum Gasteiger partial charge on any atom is 0.274 e. The zero-order chi connectivity index (χ0) is 18.8. The molecule has 0 unspecified atom stereocenters. The molecule has 0 radical (unpaired) electrons. The van der Waals surface area contributed by atoms with Crippen molar-refractivity contribution >= 4 is 23.2 Å². The van der Waals surface area contributed by atoms with Crippen molar-refractivity contribution in [1.82, 2.24) is 19.8 Å². The van der Waals surface area contributed by atoms with Crippen LogP contribution in [0.2, 0.25) is 0 Å². The van der Waals surface area contributed by atoms with E-state index in [1.807, 2.05) is 34.4 Å². The molecule has 6 nitrogen and oxygen atoms in total. The molecule has 3 heterocycles. The summed E-state index contributed by atoms with van der Waals surface area (Å²) >= 11 is 1.64. The molecule has 2 amide bonds. The number of thiophene rings is 1. The Balaban J connectivity index is 1.36. The van der Waals surface area contributed by atoms with Crippen LogP contribution in [-0.4, -0.2) is 57.8 Å². The van der Waals surface area contributed by atoms with Gasteiger partial charge in [0, 0.05) is 43.4 Å². The van der Waals surface area contributed by atoms with E-state index in [4.69, 9.17) is 0 Å². The molecule has 0 bridgehead atoms. The minimum absolute atomic E-state index is 0.0719. The minimum atomic E-state index is -0.0719. The van der Waals surface area contributed by atoms with Crippen molar-refractivity contribution in [2.45, 2.75) is 31.7 Å². The zero-order valence-electron chi connectivity index (χ0n) is 15.5. The number of nitrogens with zero attached hydrogens (tertiary/aromatic N) is 4. The van der Waals surface area contributed by atoms with Crippen molar-refractivity contribution < 1.29 is 9.59 Å². The third kappa shape index (κ3) is 3.88. The topological polar surface area (TPSA) is 66.4 Å². The first kappa shape index (κ1) is 18.1. The van der Waals surface area contributed by atoms with E-state index in [1.54, 1.807) is 23.7 Å². The van der Waals surface area contributed by atoms with Crippen molar-refractivity contribution in [3.63, 3.8) is 0 Å². The van der Waals surface area contributed by atoms with Crippen LogP contribution in [0.1, 0.15) is 34.6 Å². The third-order valence-electron chi connectivity index (χ3n) is 5.95. The van der Waals surface area contributed by atoms with Crippen LogP contribution >= 0.6 is 11.3 Å². The second-order valence-electron chi connectivity index (χ2n) is 7.54. The van der Waals surface area contributed by atoms with Crippen molar-refractivity contribution in [3.8, 4) is 0 Å². The molecule has 1 aliphatic heterocycles. The number of amides is 2. The van der Waals surface area contributed by atoms with E-state index < -0.39 is 0 Å². The van der Waals surface area contributed by atoms with Gasteiger partial charge in [-0.25, -0.2) is 4.98 Å². The van der Waals surface area contributed by atoms with Gasteiger partial charge in [-0.2, -0.15) is 0 Å². The lowest BCUT2D eigenvalue weighted by molar-refractivity contribution is -0.132. The summed E-state index contributed by atoms with van der Waals surface area (Å²) in [6.07, 6.45) is 8.14. The van der Waals surface area contributed by atoms with Crippen molar-refractivity contribution in [2.75, 3.05) is 20.1 Å². The van der Waals surface area contributed by atoms with Crippen LogP contribution < -0.4 is 0 Å². The van der Waals surface area contributed by atoms with Gasteiger partial charge in [-0.3, -0.25) is 14.6 Å². The quantitative estimate of drug-likeness (QED) is 0.812. The van der Waals surface area contributed by atoms with Gasteiger partial charge in [-0.05, 0) is 42.5 Å². The van der Waals surface area contributed by atoms with Gasteiger partial charge >= 0.3 is 0 Å². The van der Waals surface area contributed by atoms with Gasteiger partial charge in [-0.15, -0.1) is 11.3 Å². The number of hydrogen-bond acceptors (Lipinski definition) is 5. The molecule has 2 aromatic heterocycles. The molecule has 2 aliphatic rings. The lowest BCUT2D eigenvalue weighted by Gasteiger charge is -2.35. The van der Waals surface area contributed by atoms with Crippen LogP contribution in [0.5, 0.6) is 0 Å². The van der Waals surface area contributed by atoms with E-state index in [0.29, 0.717) is 24.0 Å². The highest BCUT2D eigenvalue weighted by molar-refractivity contribution is 7.10. The monoisotopic (exact) mass is 384 g/mol. The Morgan fingerprint density at radius 1 is 1.30 bits per heavy atom. The third-order valence-corrected chi connectivity index (χ3v) is 6.83. The first-order chi connectivity index (χ1) is 13.1. The molecule has 3 atom stereocenters. The summed E-state index contributed by atoms with van der Waals surface area (Å²) in [6.45, 7) is 1.65. The number of carbonyl (C=O) groups excluding carboxylic acids is 2. The molecule has 4 rings (SSSR count). The molecule has 2 fully saturated rings. The van der Waals surface area contributed by atoms with Crippen molar-refractivity contribution in [1.29, 1.82) is 0 Å². The Labute approximate surface area is 163 Å². The second-order valence-corrected chi connectivity index (χ2v) is 8.57. The van der Waals surface area contributed by atoms with Crippen LogP contribution in [0, 0.1) is 11.8 Å². The van der Waals surface area contributed by atoms with Gasteiger partial charge in [0.2, 0.25) is 5.91 Å². The van der Waals surface area contributed by atoms with E-state index in [2.05, 4.69) is 9.97 Å². The summed E-state index contributed by atoms with van der Waals surface area (Å²) in [4.78, 5) is 38.4. The van der Waals surface area contributed by atoms with Gasteiger partial charge in [0.15, 0.2) is 0 Å². The summed E-state index contributed by atoms with van der Waals surface area (Å²) in [7, 11) is 1.86. The lowest BCUT2D eigenvalue weighted by Crippen LogP contribution is -2.42. The Morgan fingerprint density at radius 3 is 2.89 bits per heavy atom. The molecule has 1 aliphatic carbocycles. The van der Waals surface area contributed by atoms with E-state index in [9.17, 15) is 9.59 Å². The second kappa shape index (κ2) is 7.76. The van der Waals surface area contributed by atoms with Crippen molar-refractivity contribution in [2.24, 2.45) is 11.8 Å². The summed E-state index contributed by atoms with van der Waals surface area (Å²) in [6, 6.07) is 4.22. The smallest absolute Gasteiger partial charge is 0.274 e. The van der Waals surface area contributed by atoms with E-state index >= 15 is 0 Å². The molecule has 142 valence electrons. The summed E-state index contributed by atoms with van der Waals surface area (Å²) in [5.41, 5.74) is 0.391. The number of fused-ring (bicyclic) bond motifs is 1. The zero-order valence-corrected chi connectivity index (χ0v) is 16.3. The maximum absolute atomic E-state index is 12.6. The predicted molar refractivity (Wildman–Crippen MR) is 103 cm³/mol. The van der Waals surface area contributed by atoms with Gasteiger partial charge in [0.1, 0.15) is 5.69 Å². The fourth-order valence-electron chi connectivity index (χ4n) is 4.43. The highest BCUT2D eigenvalue weighted by atomic mass is 32.1. The lowest BCUT2D eigenvalue weighted by atomic mass is 9.88. The number of carbonyl (C=O) groups is 2. The van der Waals surface area contributed by atoms with E-state index in [-0.39, 0.29) is 17.9 Å². The molecule has 0 N–H and O–H groups in total. The first-order valence-electron chi connectivity index (χ1n) is 9.45. The summed E-state index contributed by atoms with van der Waals surface area (Å²) in [5.74, 6) is 1.23. The largest absolute Gasteiger partial charge is 0.342 e. The fourth-order valence-corrected chi connectivity index (χ4v) is 5.12. The maximum atomic E-state index is 12.6. The molecular formula is C20H24N4O2S. The molecule has 7 heteroatoms. The van der Waals surface area contributed by atoms with Gasteiger partial charge in [-0.1, -0.05) is 6.07 Å². The molecular weight excluding hydrogens is 360 g/mol. The van der Waals surface area contributed by atoms with Crippen LogP contribution in [0.15, 0.2) is 36.1 Å². The average Bonchev–Trinajstić information content (AvgIpc) is 3.36. The van der Waals surface area contributed by atoms with Gasteiger partial charge in [0.25, 0.3) is 5.91 Å². The van der Waals surface area contributed by atoms with Crippen LogP contribution in [0.25, 0.3) is 0 Å². The number of piperidine rings is 1. The van der Waals surface area contributed by atoms with Crippen LogP contribution in [0.4, 0.5) is 0 Å². The van der Waals surface area contributed by atoms with Gasteiger partial charge in [0.05, 0.1) is 12.6 Å². The Hall–Kier alpha value is -2.28. The number of aromatic nitrogens is 2. The highest BCUT2D eigenvalue weighted by Crippen LogP contribution is 2.40. The Bertz CT molecular complexity index is 796. The summed E-state index contributed by atoms with van der Waals surface area (Å²) < 4.78 is 0. The molecule has 1 saturated carbocycles. The standard InChI is InChI=1S/C20H24N4O2S/c1-23(20(26)18-12-21-5-6-22-18)16-9-14-4-7-24(13-15(14)10-16)19(25)11-17-3-2-8-27-17/h2-3,5-6,8,12,14-16H,4,7,9-11,13H2,1H3/t14-,15-,16+/m1/s1. The van der Waals surface area contributed by atoms with Crippen LogP contribution in [0.3, 0.4) is 0 Å². The molecule has 1 saturated heterocycles. The minimum Gasteiger partial charge on any atom is -0.342 e. The number of rotatable bonds is 4. The molecule has 0 spiro atoms. The van der Waals surface area contributed by atoms with Crippen LogP contribution in [-0.2, 0) is 11.2 Å². The number of likely N-dealkylation sites (tertiary alicyclic amines) is 1. The SMILES string of the molecule is CN(C(=O)c1cnccn1)[C@H]1C[C@H]2CCN(C(=O)Cc3cccs3)C[C@H]2C1. The van der Waals surface area contributed by atoms with E-state index in [1.165, 1.54) is 6.20 Å². The van der Waals surface area contributed by atoms with Crippen molar-refractivity contribution in [3.05, 3.63) is 46.7 Å². The first-order valence-corrected chi connectivity index (χ1v) is 10.3. The Kier molecular flexibility index (Phi) is 5.20. The van der Waals surface area contributed by atoms with E-state index in [0.717, 1.165) is 37.2 Å². The fraction of sp³-hybridized carbons (Fsp3) is 0.500. The average molecular weight is 385 g/mol. The predicted octanol–water partition coefficient (Wildman–Crippen LogP) is 2.48. The molecule has 2 aromatic rings. The molecule has 27 heavy (non-hydrogen) atoms.